The third-order valence-corrected chi connectivity index (χ3v) is 4.84. The van der Waals surface area contributed by atoms with Crippen LogP contribution in [-0.4, -0.2) is 29.4 Å². The van der Waals surface area contributed by atoms with Crippen molar-refractivity contribution < 1.29 is 4.39 Å². The number of hydrogen-bond acceptors (Lipinski definition) is 4. The molecule has 0 spiro atoms. The molecule has 0 saturated carbocycles. The summed E-state index contributed by atoms with van der Waals surface area (Å²) < 4.78 is 15.0. The lowest BCUT2D eigenvalue weighted by Crippen LogP contribution is -2.35. The molecular weight excluding hydrogens is 327 g/mol. The van der Waals surface area contributed by atoms with Gasteiger partial charge in [-0.15, -0.1) is 0 Å². The van der Waals surface area contributed by atoms with E-state index in [-0.39, 0.29) is 5.82 Å². The first kappa shape index (κ1) is 16.3. The minimum absolute atomic E-state index is 0.293. The third kappa shape index (κ3) is 2.62. The average molecular weight is 346 g/mol. The number of likely N-dealkylation sites (N-methyl/N-ethyl adjacent to an activating group) is 1. The number of benzene rings is 2. The minimum Gasteiger partial charge on any atom is -0.370 e. The Kier molecular flexibility index (Phi) is 3.92. The fraction of sp³-hybridized carbons (Fsp3) is 0.143. The van der Waals surface area contributed by atoms with Gasteiger partial charge in [-0.05, 0) is 41.0 Å². The van der Waals surface area contributed by atoms with Gasteiger partial charge in [-0.1, -0.05) is 36.4 Å². The maximum atomic E-state index is 15.0. The van der Waals surface area contributed by atoms with E-state index < -0.39 is 5.54 Å². The lowest BCUT2D eigenvalue weighted by molar-refractivity contribution is 0.418. The quantitative estimate of drug-likeness (QED) is 0.791. The molecule has 5 heteroatoms. The van der Waals surface area contributed by atoms with Crippen LogP contribution in [0.2, 0.25) is 0 Å². The van der Waals surface area contributed by atoms with Crippen molar-refractivity contribution in [2.75, 3.05) is 13.6 Å². The van der Waals surface area contributed by atoms with Crippen molar-refractivity contribution in [3.8, 4) is 11.1 Å². The number of rotatable bonds is 3. The first-order chi connectivity index (χ1) is 12.6. The second-order valence-electron chi connectivity index (χ2n) is 6.48. The Labute approximate surface area is 151 Å². The van der Waals surface area contributed by atoms with Crippen LogP contribution in [0.5, 0.6) is 0 Å². The molecule has 0 amide bonds. The lowest BCUT2D eigenvalue weighted by Gasteiger charge is -2.29. The predicted octanol–water partition coefficient (Wildman–Crippen LogP) is 3.39. The largest absolute Gasteiger partial charge is 0.370 e. The Morgan fingerprint density at radius 3 is 2.38 bits per heavy atom. The van der Waals surface area contributed by atoms with Crippen molar-refractivity contribution in [3.63, 3.8) is 0 Å². The second-order valence-corrected chi connectivity index (χ2v) is 6.48. The van der Waals surface area contributed by atoms with Crippen molar-refractivity contribution in [1.82, 2.24) is 9.88 Å². The Bertz CT molecular complexity index is 956. The fourth-order valence-corrected chi connectivity index (χ4v) is 3.48. The van der Waals surface area contributed by atoms with Crippen molar-refractivity contribution >= 4 is 5.96 Å². The summed E-state index contributed by atoms with van der Waals surface area (Å²) in [5, 5.41) is 0. The van der Waals surface area contributed by atoms with Crippen LogP contribution in [0.25, 0.3) is 11.1 Å². The highest BCUT2D eigenvalue weighted by Crippen LogP contribution is 2.40. The van der Waals surface area contributed by atoms with Gasteiger partial charge in [-0.25, -0.2) is 9.38 Å². The van der Waals surface area contributed by atoms with Crippen LogP contribution in [0.15, 0.2) is 78.0 Å². The molecule has 1 atom stereocenters. The number of nitrogens with two attached hydrogens (primary N) is 1. The fourth-order valence-electron chi connectivity index (χ4n) is 3.48. The summed E-state index contributed by atoms with van der Waals surface area (Å²) in [6.45, 7) is 0.486. The van der Waals surface area contributed by atoms with Gasteiger partial charge in [0, 0.05) is 25.0 Å². The summed E-state index contributed by atoms with van der Waals surface area (Å²) in [6.07, 6.45) is 3.45. The van der Waals surface area contributed by atoms with Gasteiger partial charge in [0.05, 0.1) is 6.54 Å². The monoisotopic (exact) mass is 346 g/mol. The van der Waals surface area contributed by atoms with Crippen LogP contribution in [0.3, 0.4) is 0 Å². The van der Waals surface area contributed by atoms with Crippen LogP contribution in [0.4, 0.5) is 4.39 Å². The SMILES string of the molecule is CN1CC(c2ccccc2)(c2cc(-c3ccncc3)ccc2F)N=C1N. The van der Waals surface area contributed by atoms with Gasteiger partial charge < -0.3 is 10.6 Å². The molecule has 1 aromatic heterocycles. The van der Waals surface area contributed by atoms with Gasteiger partial charge in [0.25, 0.3) is 0 Å². The molecule has 2 N–H and O–H groups in total. The number of pyridine rings is 1. The predicted molar refractivity (Wildman–Crippen MR) is 101 cm³/mol. The highest BCUT2D eigenvalue weighted by atomic mass is 19.1. The first-order valence-corrected chi connectivity index (χ1v) is 8.42. The van der Waals surface area contributed by atoms with Crippen LogP contribution < -0.4 is 5.73 Å². The van der Waals surface area contributed by atoms with Crippen molar-refractivity contribution in [2.45, 2.75) is 5.54 Å². The van der Waals surface area contributed by atoms with E-state index in [1.807, 2.05) is 60.5 Å². The van der Waals surface area contributed by atoms with Crippen molar-refractivity contribution in [1.29, 1.82) is 0 Å². The van der Waals surface area contributed by atoms with Crippen molar-refractivity contribution in [3.05, 3.63) is 90.0 Å². The van der Waals surface area contributed by atoms with Gasteiger partial charge in [0.1, 0.15) is 11.4 Å². The zero-order valence-corrected chi connectivity index (χ0v) is 14.4. The molecule has 4 rings (SSSR count). The number of hydrogen-bond donors (Lipinski definition) is 1. The zero-order chi connectivity index (χ0) is 18.1. The second kappa shape index (κ2) is 6.26. The van der Waals surface area contributed by atoms with E-state index in [2.05, 4.69) is 4.98 Å². The summed E-state index contributed by atoms with van der Waals surface area (Å²) in [6, 6.07) is 18.7. The molecule has 0 radical (unpaired) electrons. The molecule has 0 aliphatic carbocycles. The number of halogens is 1. The topological polar surface area (TPSA) is 54.5 Å². The lowest BCUT2D eigenvalue weighted by atomic mass is 9.82. The van der Waals surface area contributed by atoms with Gasteiger partial charge in [-0.3, -0.25) is 4.98 Å². The first-order valence-electron chi connectivity index (χ1n) is 8.42. The van der Waals surface area contributed by atoms with E-state index in [0.717, 1.165) is 16.7 Å². The van der Waals surface area contributed by atoms with Crippen LogP contribution in [0, 0.1) is 5.82 Å². The van der Waals surface area contributed by atoms with Gasteiger partial charge in [-0.2, -0.15) is 0 Å². The smallest absolute Gasteiger partial charge is 0.192 e. The molecule has 26 heavy (non-hydrogen) atoms. The molecule has 130 valence electrons. The molecule has 1 aliphatic heterocycles. The Morgan fingerprint density at radius 2 is 1.73 bits per heavy atom. The zero-order valence-electron chi connectivity index (χ0n) is 14.4. The molecule has 3 aromatic rings. The summed E-state index contributed by atoms with van der Waals surface area (Å²) in [5.41, 5.74) is 8.54. The molecule has 0 saturated heterocycles. The Morgan fingerprint density at radius 1 is 1.00 bits per heavy atom. The maximum absolute atomic E-state index is 15.0. The third-order valence-electron chi connectivity index (χ3n) is 4.84. The minimum atomic E-state index is -0.868. The summed E-state index contributed by atoms with van der Waals surface area (Å²) in [5.74, 6) is 0.112. The van der Waals surface area contributed by atoms with Crippen LogP contribution >= 0.6 is 0 Å². The molecule has 2 aromatic carbocycles. The van der Waals surface area contributed by atoms with Gasteiger partial charge in [0.15, 0.2) is 5.96 Å². The molecule has 0 fully saturated rings. The Balaban J connectivity index is 1.93. The number of nitrogens with zero attached hydrogens (tertiary/aromatic N) is 3. The number of aromatic nitrogens is 1. The van der Waals surface area contributed by atoms with Gasteiger partial charge >= 0.3 is 0 Å². The molecule has 2 heterocycles. The summed E-state index contributed by atoms with van der Waals surface area (Å²) in [7, 11) is 1.87. The van der Waals surface area contributed by atoms with Gasteiger partial charge in [0.2, 0.25) is 0 Å². The molecular formula is C21H19FN4. The number of guanidine groups is 1. The summed E-state index contributed by atoms with van der Waals surface area (Å²) in [4.78, 5) is 10.6. The van der Waals surface area contributed by atoms with E-state index in [1.54, 1.807) is 18.5 Å². The van der Waals surface area contributed by atoms with E-state index in [0.29, 0.717) is 18.1 Å². The molecule has 1 unspecified atom stereocenters. The maximum Gasteiger partial charge on any atom is 0.192 e. The number of aliphatic imine (C=N–C) groups is 1. The summed E-state index contributed by atoms with van der Waals surface area (Å²) >= 11 is 0. The average Bonchev–Trinajstić information content (AvgIpc) is 2.99. The van der Waals surface area contributed by atoms with E-state index in [1.165, 1.54) is 6.07 Å². The molecule has 0 bridgehead atoms. The standard InChI is InChI=1S/C21H19FN4/c1-26-14-21(25-20(26)23,17-5-3-2-4-6-17)18-13-16(7-8-19(18)22)15-9-11-24-12-10-15/h2-13H,14H2,1H3,(H2,23,25). The van der Waals surface area contributed by atoms with Crippen molar-refractivity contribution in [2.24, 2.45) is 10.7 Å². The molecule has 4 nitrogen and oxygen atoms in total. The Hall–Kier alpha value is -3.21. The normalized spacial score (nSPS) is 19.5. The van der Waals surface area contributed by atoms with Crippen LogP contribution in [0.1, 0.15) is 11.1 Å². The van der Waals surface area contributed by atoms with E-state index in [9.17, 15) is 4.39 Å². The van der Waals surface area contributed by atoms with Crippen LogP contribution in [-0.2, 0) is 5.54 Å². The van der Waals surface area contributed by atoms with E-state index >= 15 is 0 Å². The highest BCUT2D eigenvalue weighted by molar-refractivity contribution is 5.82. The molecule has 1 aliphatic rings. The highest BCUT2D eigenvalue weighted by Gasteiger charge is 2.42. The van der Waals surface area contributed by atoms with E-state index in [4.69, 9.17) is 10.7 Å².